The van der Waals surface area contributed by atoms with Gasteiger partial charge < -0.3 is 14.8 Å². The molecule has 0 heterocycles. The van der Waals surface area contributed by atoms with Gasteiger partial charge in [-0.3, -0.25) is 9.52 Å². The first-order chi connectivity index (χ1) is 15.8. The molecule has 0 bridgehead atoms. The zero-order valence-electron chi connectivity index (χ0n) is 18.2. The number of sulfonamides is 1. The van der Waals surface area contributed by atoms with Crippen molar-refractivity contribution in [1.29, 1.82) is 0 Å². The van der Waals surface area contributed by atoms with Crippen molar-refractivity contribution >= 4 is 33.3 Å². The molecule has 0 radical (unpaired) electrons. The Hall–Kier alpha value is -3.85. The molecule has 0 aliphatic carbocycles. The number of para-hydroxylation sites is 1. The summed E-state index contributed by atoms with van der Waals surface area (Å²) in [5, 5.41) is 2.64. The molecule has 1 amide bonds. The number of ether oxygens (including phenoxy) is 2. The number of benzene rings is 3. The topological polar surface area (TPSA) is 111 Å². The highest BCUT2D eigenvalue weighted by Gasteiger charge is 2.20. The third-order valence-corrected chi connectivity index (χ3v) is 5.85. The van der Waals surface area contributed by atoms with Crippen LogP contribution in [0.15, 0.2) is 77.7 Å². The Balaban J connectivity index is 1.67. The second kappa shape index (κ2) is 10.6. The van der Waals surface area contributed by atoms with Gasteiger partial charge >= 0.3 is 5.97 Å². The van der Waals surface area contributed by atoms with Crippen LogP contribution in [-0.2, 0) is 19.6 Å². The number of carbonyl (C=O) groups is 2. The van der Waals surface area contributed by atoms with Gasteiger partial charge in [0.05, 0.1) is 22.8 Å². The van der Waals surface area contributed by atoms with Gasteiger partial charge in [0.25, 0.3) is 15.9 Å². The Bertz CT molecular complexity index is 1240. The summed E-state index contributed by atoms with van der Waals surface area (Å²) in [6, 6.07) is 19.1. The minimum Gasteiger partial charge on any atom is -0.494 e. The van der Waals surface area contributed by atoms with Crippen molar-refractivity contribution in [2.75, 3.05) is 23.3 Å². The zero-order chi connectivity index (χ0) is 23.8. The second-order valence-corrected chi connectivity index (χ2v) is 8.73. The van der Waals surface area contributed by atoms with Gasteiger partial charge in [0.2, 0.25) is 0 Å². The van der Waals surface area contributed by atoms with E-state index in [1.54, 1.807) is 42.5 Å². The van der Waals surface area contributed by atoms with Gasteiger partial charge in [-0.1, -0.05) is 24.3 Å². The summed E-state index contributed by atoms with van der Waals surface area (Å²) < 4.78 is 38.4. The molecule has 9 heteroatoms. The minimum absolute atomic E-state index is 0.00616. The van der Waals surface area contributed by atoms with E-state index < -0.39 is 28.5 Å². The number of hydrogen-bond donors (Lipinski definition) is 2. The molecule has 0 fully saturated rings. The second-order valence-electron chi connectivity index (χ2n) is 7.05. The van der Waals surface area contributed by atoms with E-state index in [1.165, 1.54) is 24.3 Å². The molecule has 2 N–H and O–H groups in total. The summed E-state index contributed by atoms with van der Waals surface area (Å²) >= 11 is 0. The summed E-state index contributed by atoms with van der Waals surface area (Å²) in [6.45, 7) is 3.66. The number of rotatable bonds is 9. The lowest BCUT2D eigenvalue weighted by atomic mass is 10.2. The van der Waals surface area contributed by atoms with Gasteiger partial charge in [0.15, 0.2) is 6.61 Å². The number of hydrogen-bond acceptors (Lipinski definition) is 6. The van der Waals surface area contributed by atoms with Crippen LogP contribution in [0, 0.1) is 6.92 Å². The lowest BCUT2D eigenvalue weighted by molar-refractivity contribution is -0.119. The largest absolute Gasteiger partial charge is 0.494 e. The first-order valence-electron chi connectivity index (χ1n) is 10.2. The van der Waals surface area contributed by atoms with Crippen LogP contribution in [0.4, 0.5) is 11.4 Å². The van der Waals surface area contributed by atoms with Gasteiger partial charge in [0.1, 0.15) is 5.75 Å². The summed E-state index contributed by atoms with van der Waals surface area (Å²) in [6.07, 6.45) is 0. The van der Waals surface area contributed by atoms with E-state index in [0.29, 0.717) is 18.0 Å². The molecule has 3 aromatic rings. The number of anilines is 2. The van der Waals surface area contributed by atoms with Crippen LogP contribution in [0.25, 0.3) is 0 Å². The quantitative estimate of drug-likeness (QED) is 0.460. The molecule has 3 rings (SSSR count). The summed E-state index contributed by atoms with van der Waals surface area (Å²) in [4.78, 5) is 24.7. The highest BCUT2D eigenvalue weighted by Crippen LogP contribution is 2.22. The lowest BCUT2D eigenvalue weighted by Crippen LogP contribution is -2.22. The highest BCUT2D eigenvalue weighted by molar-refractivity contribution is 7.92. The van der Waals surface area contributed by atoms with Crippen molar-refractivity contribution < 1.29 is 27.5 Å². The van der Waals surface area contributed by atoms with E-state index in [1.807, 2.05) is 19.9 Å². The molecule has 0 saturated heterocycles. The molecule has 0 aliphatic rings. The van der Waals surface area contributed by atoms with Crippen molar-refractivity contribution in [2.24, 2.45) is 0 Å². The van der Waals surface area contributed by atoms with E-state index >= 15 is 0 Å². The van der Waals surface area contributed by atoms with Gasteiger partial charge in [-0.05, 0) is 67.9 Å². The molecular formula is C24H24N2O6S. The number of carbonyl (C=O) groups excluding carboxylic acids is 2. The first kappa shape index (κ1) is 23.8. The summed E-state index contributed by atoms with van der Waals surface area (Å²) in [5.41, 5.74) is 1.57. The Morgan fingerprint density at radius 3 is 2.36 bits per heavy atom. The molecule has 0 aromatic heterocycles. The fourth-order valence-corrected chi connectivity index (χ4v) is 4.04. The molecule has 8 nitrogen and oxygen atoms in total. The molecule has 0 spiro atoms. The maximum absolute atomic E-state index is 12.8. The van der Waals surface area contributed by atoms with Gasteiger partial charge in [-0.2, -0.15) is 0 Å². The summed E-state index contributed by atoms with van der Waals surface area (Å²) in [7, 11) is -3.97. The zero-order valence-corrected chi connectivity index (χ0v) is 19.0. The Labute approximate surface area is 192 Å². The van der Waals surface area contributed by atoms with E-state index in [4.69, 9.17) is 9.47 Å². The first-order valence-corrected chi connectivity index (χ1v) is 11.6. The van der Waals surface area contributed by atoms with Crippen molar-refractivity contribution in [2.45, 2.75) is 18.7 Å². The number of esters is 1. The number of aryl methyl sites for hydroxylation is 1. The van der Waals surface area contributed by atoms with Crippen LogP contribution in [0.5, 0.6) is 5.75 Å². The maximum Gasteiger partial charge on any atom is 0.340 e. The molecule has 0 saturated carbocycles. The van der Waals surface area contributed by atoms with Crippen LogP contribution < -0.4 is 14.8 Å². The van der Waals surface area contributed by atoms with E-state index in [0.717, 1.165) is 5.56 Å². The van der Waals surface area contributed by atoms with Crippen molar-refractivity contribution in [1.82, 2.24) is 0 Å². The van der Waals surface area contributed by atoms with E-state index in [2.05, 4.69) is 10.0 Å². The van der Waals surface area contributed by atoms with Crippen LogP contribution >= 0.6 is 0 Å². The van der Waals surface area contributed by atoms with Crippen molar-refractivity contribution in [3.05, 3.63) is 83.9 Å². The van der Waals surface area contributed by atoms with Gasteiger partial charge in [0, 0.05) is 5.69 Å². The molecule has 172 valence electrons. The van der Waals surface area contributed by atoms with Crippen LogP contribution in [0.1, 0.15) is 22.8 Å². The number of nitrogens with one attached hydrogen (secondary N) is 2. The molecule has 0 unspecified atom stereocenters. The maximum atomic E-state index is 12.8. The average molecular weight is 469 g/mol. The number of amides is 1. The minimum atomic E-state index is -3.97. The Kier molecular flexibility index (Phi) is 7.68. The predicted molar refractivity (Wildman–Crippen MR) is 125 cm³/mol. The SMILES string of the molecule is CCOc1ccc(S(=O)(=O)Nc2ccccc2C(=O)OCC(=O)Nc2cccc(C)c2)cc1. The van der Waals surface area contributed by atoms with Crippen LogP contribution in [0.3, 0.4) is 0 Å². The average Bonchev–Trinajstić information content (AvgIpc) is 2.78. The summed E-state index contributed by atoms with van der Waals surface area (Å²) in [5.74, 6) is -0.801. The van der Waals surface area contributed by atoms with Crippen LogP contribution in [0.2, 0.25) is 0 Å². The Morgan fingerprint density at radius 1 is 0.939 bits per heavy atom. The fourth-order valence-electron chi connectivity index (χ4n) is 2.96. The molecule has 33 heavy (non-hydrogen) atoms. The standard InChI is InChI=1S/C24H24N2O6S/c1-3-31-19-11-13-20(14-12-19)33(29,30)26-22-10-5-4-9-21(22)24(28)32-16-23(27)25-18-8-6-7-17(2)15-18/h4-15,26H,3,16H2,1-2H3,(H,25,27). The molecule has 3 aromatic carbocycles. The molecule has 0 aliphatic heterocycles. The van der Waals surface area contributed by atoms with Crippen molar-refractivity contribution in [3.63, 3.8) is 0 Å². The van der Waals surface area contributed by atoms with Crippen molar-refractivity contribution in [3.8, 4) is 5.75 Å². The monoisotopic (exact) mass is 468 g/mol. The lowest BCUT2D eigenvalue weighted by Gasteiger charge is -2.13. The van der Waals surface area contributed by atoms with Gasteiger partial charge in [-0.15, -0.1) is 0 Å². The van der Waals surface area contributed by atoms with E-state index in [-0.39, 0.29) is 16.1 Å². The highest BCUT2D eigenvalue weighted by atomic mass is 32.2. The third kappa shape index (κ3) is 6.56. The molecule has 0 atom stereocenters. The fraction of sp³-hybridized carbons (Fsp3) is 0.167. The predicted octanol–water partition coefficient (Wildman–Crippen LogP) is 3.99. The van der Waals surface area contributed by atoms with Crippen LogP contribution in [-0.4, -0.2) is 33.5 Å². The smallest absolute Gasteiger partial charge is 0.340 e. The van der Waals surface area contributed by atoms with Gasteiger partial charge in [-0.25, -0.2) is 13.2 Å². The molecular weight excluding hydrogens is 444 g/mol. The third-order valence-electron chi connectivity index (χ3n) is 4.47. The van der Waals surface area contributed by atoms with E-state index in [9.17, 15) is 18.0 Å². The normalized spacial score (nSPS) is 10.8. The Morgan fingerprint density at radius 2 is 1.67 bits per heavy atom.